The first-order valence-corrected chi connectivity index (χ1v) is 7.05. The van der Waals surface area contributed by atoms with Crippen LogP contribution >= 0.6 is 0 Å². The Bertz CT molecular complexity index is 560. The van der Waals surface area contributed by atoms with Crippen LogP contribution in [0.5, 0.6) is 5.75 Å². The number of benzene rings is 1. The zero-order valence-corrected chi connectivity index (χ0v) is 12.9. The molecule has 0 saturated heterocycles. The van der Waals surface area contributed by atoms with Crippen molar-refractivity contribution in [2.24, 2.45) is 0 Å². The number of carbonyl (C=O) groups is 2. The number of ketones is 1. The summed E-state index contributed by atoms with van der Waals surface area (Å²) in [7, 11) is 1.63. The molecule has 0 N–H and O–H groups in total. The predicted octanol–water partition coefficient (Wildman–Crippen LogP) is 3.41. The van der Waals surface area contributed by atoms with Gasteiger partial charge < -0.3 is 9.47 Å². The summed E-state index contributed by atoms with van der Waals surface area (Å²) in [5.41, 5.74) is 0.662. The predicted molar refractivity (Wildman–Crippen MR) is 80.1 cm³/mol. The van der Waals surface area contributed by atoms with Crippen molar-refractivity contribution in [1.29, 1.82) is 0 Å². The lowest BCUT2D eigenvalue weighted by Gasteiger charge is -2.25. The first-order valence-electron chi connectivity index (χ1n) is 7.05. The van der Waals surface area contributed by atoms with E-state index in [2.05, 4.69) is 0 Å². The summed E-state index contributed by atoms with van der Waals surface area (Å²) in [6.07, 6.45) is 0.765. The zero-order chi connectivity index (χ0) is 15.6. The first-order chi connectivity index (χ1) is 9.78. The Hall–Kier alpha value is -2.04. The second-order valence-electron chi connectivity index (χ2n) is 6.10. The molecule has 0 bridgehead atoms. The van der Waals surface area contributed by atoms with Gasteiger partial charge in [-0.15, -0.1) is 0 Å². The molecule has 2 rings (SSSR count). The molecule has 1 aliphatic heterocycles. The van der Waals surface area contributed by atoms with Gasteiger partial charge in [-0.1, -0.05) is 0 Å². The molecule has 0 radical (unpaired) electrons. The Kier molecular flexibility index (Phi) is 4.21. The van der Waals surface area contributed by atoms with Crippen molar-refractivity contribution >= 4 is 17.6 Å². The smallest absolute Gasteiger partial charge is 0.414 e. The zero-order valence-electron chi connectivity index (χ0n) is 12.9. The number of carbonyl (C=O) groups excluding carboxylic acids is 2. The van der Waals surface area contributed by atoms with E-state index in [0.29, 0.717) is 36.4 Å². The highest BCUT2D eigenvalue weighted by Gasteiger charge is 2.23. The average molecular weight is 291 g/mol. The molecule has 0 saturated carbocycles. The largest absolute Gasteiger partial charge is 0.493 e. The minimum Gasteiger partial charge on any atom is -0.493 e. The number of nitrogens with zero attached hydrogens (tertiary/aromatic N) is 1. The Morgan fingerprint density at radius 2 is 2.05 bits per heavy atom. The Morgan fingerprint density at radius 3 is 2.71 bits per heavy atom. The first kappa shape index (κ1) is 15.4. The van der Waals surface area contributed by atoms with E-state index in [9.17, 15) is 9.59 Å². The van der Waals surface area contributed by atoms with Crippen LogP contribution in [0.2, 0.25) is 0 Å². The van der Waals surface area contributed by atoms with Gasteiger partial charge in [0.2, 0.25) is 0 Å². The third kappa shape index (κ3) is 3.74. The summed E-state index contributed by atoms with van der Waals surface area (Å²) in [6.45, 7) is 5.96. The lowest BCUT2D eigenvalue weighted by Crippen LogP contribution is -2.34. The van der Waals surface area contributed by atoms with Gasteiger partial charge in [0.05, 0.1) is 17.9 Å². The molecule has 1 aromatic carbocycles. The van der Waals surface area contributed by atoms with E-state index in [1.165, 1.54) is 4.90 Å². The van der Waals surface area contributed by atoms with Crippen LogP contribution in [-0.4, -0.2) is 31.1 Å². The molecule has 0 aromatic heterocycles. The molecule has 0 fully saturated rings. The van der Waals surface area contributed by atoms with Gasteiger partial charge in [-0.3, -0.25) is 9.69 Å². The molecule has 0 aliphatic carbocycles. The van der Waals surface area contributed by atoms with Crippen LogP contribution in [-0.2, 0) is 4.74 Å². The number of ether oxygens (including phenoxy) is 2. The van der Waals surface area contributed by atoms with Crippen LogP contribution in [0.3, 0.4) is 0 Å². The van der Waals surface area contributed by atoms with Crippen molar-refractivity contribution in [3.8, 4) is 5.75 Å². The Balaban J connectivity index is 2.23. The van der Waals surface area contributed by atoms with Crippen LogP contribution in [0.15, 0.2) is 18.2 Å². The second kappa shape index (κ2) is 5.76. The molecule has 5 nitrogen and oxygen atoms in total. The van der Waals surface area contributed by atoms with Gasteiger partial charge in [0.25, 0.3) is 0 Å². The molecule has 114 valence electrons. The van der Waals surface area contributed by atoms with Crippen LogP contribution in [0, 0.1) is 0 Å². The highest BCUT2D eigenvalue weighted by atomic mass is 16.6. The van der Waals surface area contributed by atoms with Crippen LogP contribution in [0.4, 0.5) is 10.5 Å². The number of hydrogen-bond donors (Lipinski definition) is 0. The second-order valence-corrected chi connectivity index (χ2v) is 6.10. The van der Waals surface area contributed by atoms with E-state index in [1.807, 2.05) is 20.8 Å². The van der Waals surface area contributed by atoms with Crippen molar-refractivity contribution in [3.63, 3.8) is 0 Å². The summed E-state index contributed by atoms with van der Waals surface area (Å²) in [6, 6.07) is 5.15. The molecule has 1 amide bonds. The fourth-order valence-electron chi connectivity index (χ4n) is 2.05. The van der Waals surface area contributed by atoms with Gasteiger partial charge >= 0.3 is 6.09 Å². The molecule has 0 unspecified atom stereocenters. The summed E-state index contributed by atoms with van der Waals surface area (Å²) in [4.78, 5) is 25.4. The number of Topliss-reactive ketones (excluding diaryl/α,β-unsaturated/α-hetero) is 1. The van der Waals surface area contributed by atoms with E-state index in [4.69, 9.17) is 9.47 Å². The maximum atomic E-state index is 12.1. The van der Waals surface area contributed by atoms with Crippen LogP contribution in [0.25, 0.3) is 0 Å². The number of fused-ring (bicyclic) bond motifs is 1. The normalized spacial score (nSPS) is 14.8. The van der Waals surface area contributed by atoms with E-state index in [1.54, 1.807) is 25.2 Å². The summed E-state index contributed by atoms with van der Waals surface area (Å²) < 4.78 is 10.9. The molecule has 1 aliphatic rings. The molecule has 21 heavy (non-hydrogen) atoms. The van der Waals surface area contributed by atoms with E-state index < -0.39 is 11.7 Å². The molecule has 5 heteroatoms. The summed E-state index contributed by atoms with van der Waals surface area (Å²) >= 11 is 0. The summed E-state index contributed by atoms with van der Waals surface area (Å²) in [5.74, 6) is 0.611. The van der Waals surface area contributed by atoms with Gasteiger partial charge in [-0.25, -0.2) is 4.79 Å². The topological polar surface area (TPSA) is 55.8 Å². The van der Waals surface area contributed by atoms with Crippen molar-refractivity contribution in [3.05, 3.63) is 23.8 Å². The minimum absolute atomic E-state index is 0.0778. The van der Waals surface area contributed by atoms with E-state index in [0.717, 1.165) is 0 Å². The van der Waals surface area contributed by atoms with E-state index in [-0.39, 0.29) is 5.78 Å². The van der Waals surface area contributed by atoms with Crippen molar-refractivity contribution < 1.29 is 19.1 Å². The number of anilines is 1. The van der Waals surface area contributed by atoms with Gasteiger partial charge in [0, 0.05) is 19.5 Å². The lowest BCUT2D eigenvalue weighted by molar-refractivity contribution is 0.0589. The maximum absolute atomic E-state index is 12.1. The van der Waals surface area contributed by atoms with Crippen molar-refractivity contribution in [2.45, 2.75) is 39.2 Å². The van der Waals surface area contributed by atoms with Crippen molar-refractivity contribution in [2.75, 3.05) is 18.6 Å². The van der Waals surface area contributed by atoms with Crippen LogP contribution in [0.1, 0.15) is 44.0 Å². The fourth-order valence-corrected chi connectivity index (χ4v) is 2.05. The molecule has 0 spiro atoms. The molecule has 0 atom stereocenters. The standard InChI is InChI=1S/C16H21NO4/c1-16(2,3)21-15(19)17(4)11-7-8-12-13(18)6-5-9-20-14(12)10-11/h7-8,10H,5-6,9H2,1-4H3. The van der Waals surface area contributed by atoms with Crippen molar-refractivity contribution in [1.82, 2.24) is 0 Å². The fraction of sp³-hybridized carbons (Fsp3) is 0.500. The number of hydrogen-bond acceptors (Lipinski definition) is 4. The summed E-state index contributed by atoms with van der Waals surface area (Å²) in [5, 5.41) is 0. The SMILES string of the molecule is CN(C(=O)OC(C)(C)C)c1ccc2c(c1)OCCCC2=O. The highest BCUT2D eigenvalue weighted by molar-refractivity contribution is 6.00. The van der Waals surface area contributed by atoms with Gasteiger partial charge in [-0.2, -0.15) is 0 Å². The van der Waals surface area contributed by atoms with E-state index >= 15 is 0 Å². The van der Waals surface area contributed by atoms with Crippen LogP contribution < -0.4 is 9.64 Å². The van der Waals surface area contributed by atoms with Gasteiger partial charge in [0.15, 0.2) is 5.78 Å². The third-order valence-electron chi connectivity index (χ3n) is 3.13. The maximum Gasteiger partial charge on any atom is 0.414 e. The molecule has 1 heterocycles. The minimum atomic E-state index is -0.552. The Morgan fingerprint density at radius 1 is 1.33 bits per heavy atom. The molecular weight excluding hydrogens is 270 g/mol. The number of amides is 1. The highest BCUT2D eigenvalue weighted by Crippen LogP contribution is 2.29. The van der Waals surface area contributed by atoms with Gasteiger partial charge in [-0.05, 0) is 39.3 Å². The number of rotatable bonds is 1. The monoisotopic (exact) mass is 291 g/mol. The lowest BCUT2D eigenvalue weighted by atomic mass is 10.1. The van der Waals surface area contributed by atoms with Gasteiger partial charge in [0.1, 0.15) is 11.4 Å². The molecular formula is C16H21NO4. The Labute approximate surface area is 124 Å². The average Bonchev–Trinajstić information content (AvgIpc) is 2.57. The molecule has 1 aromatic rings. The quantitative estimate of drug-likeness (QED) is 0.795. The third-order valence-corrected chi connectivity index (χ3v) is 3.13.